The van der Waals surface area contributed by atoms with Crippen LogP contribution in [0, 0.1) is 45.0 Å². The van der Waals surface area contributed by atoms with E-state index in [1.165, 1.54) is 15.3 Å². The fourth-order valence-electron chi connectivity index (χ4n) is 9.78. The molecule has 0 radical (unpaired) electrons. The number of carbonyl (C=O) groups is 3. The van der Waals surface area contributed by atoms with Gasteiger partial charge in [0.1, 0.15) is 35.6 Å². The summed E-state index contributed by atoms with van der Waals surface area (Å²) in [6.45, 7) is 15.6. The molecule has 6 heterocycles. The van der Waals surface area contributed by atoms with Crippen molar-refractivity contribution in [3.63, 3.8) is 0 Å². The lowest BCUT2D eigenvalue weighted by atomic mass is 9.85. The highest BCUT2D eigenvalue weighted by Gasteiger charge is 2.44. The highest BCUT2D eigenvalue weighted by atomic mass is 32.1. The second-order valence-corrected chi connectivity index (χ2v) is 23.9. The highest BCUT2D eigenvalue weighted by molar-refractivity contribution is 7.15. The molecule has 7 aromatic rings. The van der Waals surface area contributed by atoms with E-state index in [1.807, 2.05) is 106 Å². The van der Waals surface area contributed by atoms with Gasteiger partial charge >= 0.3 is 0 Å². The zero-order valence-corrected chi connectivity index (χ0v) is 47.5. The summed E-state index contributed by atoms with van der Waals surface area (Å²) in [5.41, 5.74) is 17.9. The van der Waals surface area contributed by atoms with Crippen molar-refractivity contribution in [1.29, 1.82) is 0 Å². The Hall–Kier alpha value is -6.92. The van der Waals surface area contributed by atoms with E-state index in [0.29, 0.717) is 44.8 Å². The van der Waals surface area contributed by atoms with Crippen LogP contribution in [0.4, 0.5) is 5.69 Å². The average Bonchev–Trinajstić information content (AvgIpc) is 4.36. The maximum atomic E-state index is 14.2. The van der Waals surface area contributed by atoms with Crippen LogP contribution in [0.25, 0.3) is 15.4 Å². The highest BCUT2D eigenvalue weighted by Crippen LogP contribution is 2.40. The molecule has 5 N–H and O–H groups in total. The van der Waals surface area contributed by atoms with Crippen molar-refractivity contribution in [3.05, 3.63) is 150 Å². The Bertz CT molecular complexity index is 3350. The number of nitrogen functional groups attached to an aromatic ring is 1. The number of ether oxygens (including phenoxy) is 2. The molecule has 16 nitrogen and oxygen atoms in total. The molecule has 0 spiro atoms. The monoisotopic (exact) mass is 1110 g/mol. The molecule has 0 aliphatic carbocycles. The molecule has 1 saturated heterocycles. The number of rotatable bonds is 19. The summed E-state index contributed by atoms with van der Waals surface area (Å²) >= 11 is 4.94. The number of thiazole rings is 2. The maximum Gasteiger partial charge on any atom is 0.246 e. The molecule has 1 fully saturated rings. The quantitative estimate of drug-likeness (QED) is 0.0344. The fraction of sp³-hybridized carbons (Fsp3) is 0.390. The number of benzene rings is 3. The lowest BCUT2D eigenvalue weighted by Crippen LogP contribution is -2.57. The first-order valence-corrected chi connectivity index (χ1v) is 28.7. The summed E-state index contributed by atoms with van der Waals surface area (Å²) < 4.78 is 13.8. The third-order valence-electron chi connectivity index (χ3n) is 14.0. The number of likely N-dealkylation sites (tertiary alicyclic amines) is 1. The number of amides is 3. The lowest BCUT2D eigenvalue weighted by Gasteiger charge is -2.35. The van der Waals surface area contributed by atoms with Gasteiger partial charge in [0.05, 0.1) is 52.7 Å². The summed E-state index contributed by atoms with van der Waals surface area (Å²) in [6, 6.07) is 19.8. The number of aryl methyl sites for hydroxylation is 4. The minimum Gasteiger partial charge on any atom is -0.399 e. The van der Waals surface area contributed by atoms with Gasteiger partial charge in [-0.2, -0.15) is 0 Å². The third kappa shape index (κ3) is 13.3. The maximum absolute atomic E-state index is 14.2. The molecular weight excluding hydrogens is 1040 g/mol. The molecule has 4 aromatic heterocycles. The van der Waals surface area contributed by atoms with Crippen LogP contribution in [0.3, 0.4) is 0 Å². The smallest absolute Gasteiger partial charge is 0.246 e. The number of hydrogen-bond donors (Lipinski definition) is 4. The van der Waals surface area contributed by atoms with Gasteiger partial charge in [0.2, 0.25) is 17.7 Å². The first-order chi connectivity index (χ1) is 37.5. The topological polar surface area (TPSA) is 212 Å². The van der Waals surface area contributed by atoms with Crippen LogP contribution in [0.5, 0.6) is 0 Å². The largest absolute Gasteiger partial charge is 0.399 e. The SMILES string of the molecule is Cc1ncsc1-c1ccc(CNC(=O)C2CC(O)CN2C(=O)C(NC(=O)CCc2cc(N)cc(CCOCCOCC#Cc3ccc(C4=NC(Cc5nccs5)c5nnc(C)n5-c5sc(C)c(C)c54)cc3)c2)C(C)(C)C)cc1. The van der Waals surface area contributed by atoms with Crippen molar-refractivity contribution >= 4 is 63.1 Å². The number of aliphatic hydroxyl groups is 1. The molecule has 2 aliphatic rings. The van der Waals surface area contributed by atoms with E-state index in [1.54, 1.807) is 34.0 Å². The van der Waals surface area contributed by atoms with Crippen LogP contribution in [-0.4, -0.2) is 109 Å². The zero-order valence-electron chi connectivity index (χ0n) is 45.1. The Kier molecular flexibility index (Phi) is 17.8. The van der Waals surface area contributed by atoms with Gasteiger partial charge < -0.3 is 35.8 Å². The fourth-order valence-corrected chi connectivity index (χ4v) is 12.5. The van der Waals surface area contributed by atoms with Gasteiger partial charge in [-0.1, -0.05) is 75.1 Å². The number of β-amino-alcohol motifs (C(OH)–C–C–N with tert-alkyl or cyclic N) is 1. The molecule has 4 atom stereocenters. The molecule has 19 heteroatoms. The van der Waals surface area contributed by atoms with Crippen LogP contribution >= 0.6 is 34.0 Å². The van der Waals surface area contributed by atoms with E-state index in [-0.39, 0.29) is 50.4 Å². The second-order valence-electron chi connectivity index (χ2n) is 20.8. The van der Waals surface area contributed by atoms with Gasteiger partial charge in [-0.3, -0.25) is 23.9 Å². The summed E-state index contributed by atoms with van der Waals surface area (Å²) in [7, 11) is 0. The molecule has 78 heavy (non-hydrogen) atoms. The second kappa shape index (κ2) is 24.8. The van der Waals surface area contributed by atoms with Crippen molar-refractivity contribution in [2.24, 2.45) is 10.4 Å². The predicted molar refractivity (Wildman–Crippen MR) is 307 cm³/mol. The first kappa shape index (κ1) is 55.8. The lowest BCUT2D eigenvalue weighted by molar-refractivity contribution is -0.144. The zero-order chi connectivity index (χ0) is 55.1. The van der Waals surface area contributed by atoms with Crippen LogP contribution in [0.15, 0.2) is 88.8 Å². The van der Waals surface area contributed by atoms with Crippen LogP contribution < -0.4 is 16.4 Å². The van der Waals surface area contributed by atoms with Crippen LogP contribution in [-0.2, 0) is 49.7 Å². The molecular formula is C59H66N10O6S3. The van der Waals surface area contributed by atoms with Crippen molar-refractivity contribution < 1.29 is 29.0 Å². The number of nitrogens with two attached hydrogens (primary N) is 1. The number of aliphatic imine (C=N–C) groups is 1. The van der Waals surface area contributed by atoms with Crippen molar-refractivity contribution in [2.45, 2.75) is 111 Å². The minimum absolute atomic E-state index is 0.00413. The van der Waals surface area contributed by atoms with Gasteiger partial charge in [0.25, 0.3) is 0 Å². The minimum atomic E-state index is -0.932. The van der Waals surface area contributed by atoms with E-state index in [4.69, 9.17) is 20.2 Å². The molecule has 406 valence electrons. The average molecular weight is 1110 g/mol. The van der Waals surface area contributed by atoms with Crippen LogP contribution in [0.2, 0.25) is 0 Å². The number of fused-ring (bicyclic) bond motifs is 3. The Balaban J connectivity index is 0.713. The number of nitrogens with one attached hydrogen (secondary N) is 2. The van der Waals surface area contributed by atoms with Gasteiger partial charge in [-0.05, 0) is 98.0 Å². The number of thiophene rings is 1. The predicted octanol–water partition coefficient (Wildman–Crippen LogP) is 8.23. The first-order valence-electron chi connectivity index (χ1n) is 26.2. The van der Waals surface area contributed by atoms with Crippen molar-refractivity contribution in [2.75, 3.05) is 38.7 Å². The van der Waals surface area contributed by atoms with E-state index < -0.39 is 29.5 Å². The number of carbonyl (C=O) groups excluding carboxylic acids is 3. The summed E-state index contributed by atoms with van der Waals surface area (Å²) in [4.78, 5) is 59.3. The molecule has 0 bridgehead atoms. The number of aliphatic hydroxyl groups excluding tert-OH is 1. The van der Waals surface area contributed by atoms with Gasteiger partial charge in [0.15, 0.2) is 5.82 Å². The van der Waals surface area contributed by atoms with Gasteiger partial charge in [-0.25, -0.2) is 9.97 Å². The van der Waals surface area contributed by atoms with E-state index in [9.17, 15) is 19.5 Å². The molecule has 2 aliphatic heterocycles. The van der Waals surface area contributed by atoms with E-state index in [2.05, 4.69) is 73.2 Å². The Morgan fingerprint density at radius 1 is 0.897 bits per heavy atom. The Morgan fingerprint density at radius 2 is 1.64 bits per heavy atom. The Morgan fingerprint density at radius 3 is 2.36 bits per heavy atom. The molecule has 4 unspecified atom stereocenters. The third-order valence-corrected chi connectivity index (χ3v) is 17.0. The van der Waals surface area contributed by atoms with Crippen molar-refractivity contribution in [3.8, 4) is 27.3 Å². The summed E-state index contributed by atoms with van der Waals surface area (Å²) in [5.74, 6) is 6.93. The van der Waals surface area contributed by atoms with Gasteiger partial charge in [-0.15, -0.1) is 44.2 Å². The molecule has 9 rings (SSSR count). The number of aromatic nitrogens is 5. The molecule has 3 aromatic carbocycles. The van der Waals surface area contributed by atoms with Crippen LogP contribution in [0.1, 0.15) is 106 Å². The normalized spacial score (nSPS) is 16.4. The summed E-state index contributed by atoms with van der Waals surface area (Å²) in [5, 5.41) is 29.7. The van der Waals surface area contributed by atoms with Gasteiger partial charge in [0, 0.05) is 71.2 Å². The standard InChI is InChI=1S/C59H66N10O6S3/c1-35-37(3)78-58-51(35)52(64-47(31-50-61-21-26-76-50)55-67-66-38(4)69(55)58)43-15-10-39(11-16-43)9-8-22-74-24-25-75-23-20-42-27-41(28-45(60)29-42)14-19-49(71)65-54(59(5,6)7)57(73)68-33-46(70)30-48(68)56(72)62-32-40-12-17-44(18-13-40)53-36(2)63-34-77-53/h10-13,15-18,21,26-29,34,46-48,54,70H,14,19-20,22-25,30-33,60H2,1-7H3,(H,62,72)(H,65,71). The summed E-state index contributed by atoms with van der Waals surface area (Å²) in [6.07, 6.45) is 2.83. The van der Waals surface area contributed by atoms with E-state index >= 15 is 0 Å². The van der Waals surface area contributed by atoms with Crippen molar-refractivity contribution in [1.82, 2.24) is 40.3 Å². The number of anilines is 1. The number of hydrogen-bond acceptors (Lipinski definition) is 15. The Labute approximate surface area is 467 Å². The van der Waals surface area contributed by atoms with E-state index in [0.717, 1.165) is 76.9 Å². The molecule has 0 saturated carbocycles. The number of nitrogens with zero attached hydrogens (tertiary/aromatic N) is 7. The molecule has 3 amide bonds.